The van der Waals surface area contributed by atoms with Crippen molar-refractivity contribution < 1.29 is 24.3 Å². The second-order valence-corrected chi connectivity index (χ2v) is 3.79. The lowest BCUT2D eigenvalue weighted by Crippen LogP contribution is -2.08. The van der Waals surface area contributed by atoms with Crippen LogP contribution in [0.4, 0.5) is 0 Å². The minimum atomic E-state index is -0.197. The molecule has 0 heterocycles. The summed E-state index contributed by atoms with van der Waals surface area (Å²) in [6, 6.07) is 0. The Labute approximate surface area is 100 Å². The molecule has 17 heavy (non-hydrogen) atoms. The minimum Gasteiger partial charge on any atom is -0.396 e. The highest BCUT2D eigenvalue weighted by Gasteiger charge is 2.09. The predicted molar refractivity (Wildman–Crippen MR) is 60.5 cm³/mol. The van der Waals surface area contributed by atoms with Crippen LogP contribution < -0.4 is 0 Å². The first kappa shape index (κ1) is 15.6. The fourth-order valence-electron chi connectivity index (χ4n) is 1.28. The third-order valence-corrected chi connectivity index (χ3v) is 2.30. The lowest BCUT2D eigenvalue weighted by atomic mass is 10.0. The largest absolute Gasteiger partial charge is 0.396 e. The second-order valence-electron chi connectivity index (χ2n) is 3.79. The summed E-state index contributed by atoms with van der Waals surface area (Å²) in [5.41, 5.74) is 0. The van der Waals surface area contributed by atoms with E-state index in [2.05, 4.69) is 0 Å². The zero-order valence-corrected chi connectivity index (χ0v) is 9.81. The van der Waals surface area contributed by atoms with Gasteiger partial charge in [-0.05, 0) is 0 Å². The van der Waals surface area contributed by atoms with Gasteiger partial charge in [0.2, 0.25) is 0 Å². The number of ketones is 3. The summed E-state index contributed by atoms with van der Waals surface area (Å²) in [6.45, 7) is -0.197. The van der Waals surface area contributed by atoms with Crippen LogP contribution in [0.5, 0.6) is 0 Å². The number of carbonyl (C=O) groups excluding carboxylic acids is 4. The number of hydrogen-bond acceptors (Lipinski definition) is 5. The van der Waals surface area contributed by atoms with Crippen LogP contribution in [-0.2, 0) is 19.2 Å². The van der Waals surface area contributed by atoms with Crippen molar-refractivity contribution in [2.45, 2.75) is 44.9 Å². The Hall–Kier alpha value is -1.36. The van der Waals surface area contributed by atoms with Crippen molar-refractivity contribution in [3.8, 4) is 0 Å². The summed E-state index contributed by atoms with van der Waals surface area (Å²) in [5, 5.41) is 8.48. The molecule has 0 aliphatic heterocycles. The van der Waals surface area contributed by atoms with E-state index >= 15 is 0 Å². The second kappa shape index (κ2) is 9.84. The number of rotatable bonds is 11. The van der Waals surface area contributed by atoms with Gasteiger partial charge in [-0.15, -0.1) is 0 Å². The Balaban J connectivity index is 3.62. The average molecular weight is 242 g/mol. The van der Waals surface area contributed by atoms with Crippen LogP contribution in [0.25, 0.3) is 0 Å². The van der Waals surface area contributed by atoms with Crippen LogP contribution in [0.1, 0.15) is 44.9 Å². The van der Waals surface area contributed by atoms with Gasteiger partial charge in [-0.1, -0.05) is 0 Å². The molecule has 96 valence electrons. The normalized spacial score (nSPS) is 9.94. The first-order valence-electron chi connectivity index (χ1n) is 5.69. The average Bonchev–Trinajstić information content (AvgIpc) is 2.31. The zero-order chi connectivity index (χ0) is 13.1. The van der Waals surface area contributed by atoms with Gasteiger partial charge in [0, 0.05) is 51.6 Å². The van der Waals surface area contributed by atoms with E-state index in [1.807, 2.05) is 0 Å². The van der Waals surface area contributed by atoms with E-state index in [1.54, 1.807) is 0 Å². The topological polar surface area (TPSA) is 88.5 Å². The summed E-state index contributed by atoms with van der Waals surface area (Å²) in [6.07, 6.45) is 1.65. The number of Topliss-reactive ketones (excluding diaryl/α,β-unsaturated/α-hetero) is 3. The molecule has 0 saturated carbocycles. The molecule has 5 nitrogen and oxygen atoms in total. The van der Waals surface area contributed by atoms with Crippen LogP contribution in [0.3, 0.4) is 0 Å². The van der Waals surface area contributed by atoms with Crippen LogP contribution in [0, 0.1) is 0 Å². The fourth-order valence-corrected chi connectivity index (χ4v) is 1.28. The van der Waals surface area contributed by atoms with Crippen molar-refractivity contribution >= 4 is 23.6 Å². The monoisotopic (exact) mass is 242 g/mol. The van der Waals surface area contributed by atoms with Crippen LogP contribution in [-0.4, -0.2) is 35.3 Å². The maximum atomic E-state index is 11.3. The Kier molecular flexibility index (Phi) is 9.05. The quantitative estimate of drug-likeness (QED) is 0.536. The Morgan fingerprint density at radius 3 is 1.59 bits per heavy atom. The lowest BCUT2D eigenvalue weighted by molar-refractivity contribution is -0.126. The smallest absolute Gasteiger partial charge is 0.135 e. The van der Waals surface area contributed by atoms with Gasteiger partial charge in [0.1, 0.15) is 23.6 Å². The van der Waals surface area contributed by atoms with Gasteiger partial charge in [0.05, 0.1) is 0 Å². The van der Waals surface area contributed by atoms with Gasteiger partial charge in [-0.2, -0.15) is 0 Å². The third kappa shape index (κ3) is 9.56. The third-order valence-electron chi connectivity index (χ3n) is 2.30. The van der Waals surface area contributed by atoms with E-state index in [-0.39, 0.29) is 68.9 Å². The molecule has 0 aromatic carbocycles. The molecular formula is C12H18O5. The summed E-state index contributed by atoms with van der Waals surface area (Å²) in [4.78, 5) is 43.4. The molecule has 0 rings (SSSR count). The molecule has 0 atom stereocenters. The molecule has 0 amide bonds. The SMILES string of the molecule is O=CCCC(=O)CCC(=O)CCC(=O)CCO. The molecule has 0 aromatic rings. The Bertz CT molecular complexity index is 283. The highest BCUT2D eigenvalue weighted by Crippen LogP contribution is 2.04. The van der Waals surface area contributed by atoms with E-state index < -0.39 is 0 Å². The highest BCUT2D eigenvalue weighted by atomic mass is 16.3. The first-order valence-corrected chi connectivity index (χ1v) is 5.69. The van der Waals surface area contributed by atoms with Gasteiger partial charge >= 0.3 is 0 Å². The van der Waals surface area contributed by atoms with E-state index in [0.717, 1.165) is 0 Å². The van der Waals surface area contributed by atoms with Crippen molar-refractivity contribution in [3.05, 3.63) is 0 Å². The molecule has 5 heteroatoms. The first-order chi connectivity index (χ1) is 8.10. The molecule has 0 aliphatic rings. The fraction of sp³-hybridized carbons (Fsp3) is 0.667. The summed E-state index contributed by atoms with van der Waals surface area (Å²) in [7, 11) is 0. The van der Waals surface area contributed by atoms with Crippen molar-refractivity contribution in [1.82, 2.24) is 0 Å². The minimum absolute atomic E-state index is 0.0749. The number of carbonyl (C=O) groups is 4. The molecule has 0 bridgehead atoms. The molecule has 0 aromatic heterocycles. The molecule has 0 aliphatic carbocycles. The van der Waals surface area contributed by atoms with E-state index in [4.69, 9.17) is 5.11 Å². The molecule has 0 spiro atoms. The summed E-state index contributed by atoms with van der Waals surface area (Å²) < 4.78 is 0. The van der Waals surface area contributed by atoms with Gasteiger partial charge in [0.25, 0.3) is 0 Å². The van der Waals surface area contributed by atoms with E-state index in [9.17, 15) is 19.2 Å². The summed E-state index contributed by atoms with van der Waals surface area (Å²) >= 11 is 0. The summed E-state index contributed by atoms with van der Waals surface area (Å²) in [5.74, 6) is -0.379. The molecule has 0 fully saturated rings. The van der Waals surface area contributed by atoms with Gasteiger partial charge in [-0.25, -0.2) is 0 Å². The predicted octanol–water partition coefficient (Wildman–Crippen LogP) is 0.616. The molecule has 0 saturated heterocycles. The van der Waals surface area contributed by atoms with Crippen molar-refractivity contribution in [3.63, 3.8) is 0 Å². The molecular weight excluding hydrogens is 224 g/mol. The maximum Gasteiger partial charge on any atom is 0.135 e. The van der Waals surface area contributed by atoms with Crippen LogP contribution in [0.2, 0.25) is 0 Å². The van der Waals surface area contributed by atoms with E-state index in [0.29, 0.717) is 6.29 Å². The number of hydrogen-bond donors (Lipinski definition) is 1. The molecule has 0 unspecified atom stereocenters. The number of aliphatic hydroxyl groups is 1. The van der Waals surface area contributed by atoms with Gasteiger partial charge < -0.3 is 9.90 Å². The van der Waals surface area contributed by atoms with Crippen molar-refractivity contribution in [2.75, 3.05) is 6.61 Å². The van der Waals surface area contributed by atoms with Gasteiger partial charge in [0.15, 0.2) is 0 Å². The number of aliphatic hydroxyl groups excluding tert-OH is 1. The maximum absolute atomic E-state index is 11.3. The molecule has 0 radical (unpaired) electrons. The van der Waals surface area contributed by atoms with Crippen molar-refractivity contribution in [1.29, 1.82) is 0 Å². The lowest BCUT2D eigenvalue weighted by Gasteiger charge is -2.00. The van der Waals surface area contributed by atoms with Crippen molar-refractivity contribution in [2.24, 2.45) is 0 Å². The zero-order valence-electron chi connectivity index (χ0n) is 9.81. The highest BCUT2D eigenvalue weighted by molar-refractivity contribution is 5.89. The Morgan fingerprint density at radius 2 is 1.18 bits per heavy atom. The number of aldehydes is 1. The Morgan fingerprint density at radius 1 is 0.765 bits per heavy atom. The molecule has 1 N–H and O–H groups in total. The standard InChI is InChI=1S/C12H18O5/c13-8-1-2-10(15)3-4-11(16)5-6-12(17)7-9-14/h8,14H,1-7,9H2. The van der Waals surface area contributed by atoms with Gasteiger partial charge in [-0.3, -0.25) is 14.4 Å². The van der Waals surface area contributed by atoms with Crippen LogP contribution in [0.15, 0.2) is 0 Å². The van der Waals surface area contributed by atoms with E-state index in [1.165, 1.54) is 0 Å². The van der Waals surface area contributed by atoms with Crippen LogP contribution >= 0.6 is 0 Å².